The number of aliphatic imine (C=N–C) groups is 3. The molecule has 16 unspecified atom stereocenters. The Bertz CT molecular complexity index is 3720. The van der Waals surface area contributed by atoms with Gasteiger partial charge in [0.25, 0.3) is 7.82 Å². The van der Waals surface area contributed by atoms with E-state index in [1.807, 2.05) is 33.8 Å². The van der Waals surface area contributed by atoms with E-state index in [0.717, 1.165) is 0 Å². The van der Waals surface area contributed by atoms with Gasteiger partial charge < -0.3 is 91.5 Å². The molecule has 8 bridgehead atoms. The predicted octanol–water partition coefficient (Wildman–Crippen LogP) is 0.902. The molecule has 8 rings (SSSR count). The molecule has 0 aromatic carbocycles. The number of hydrogen-bond donors (Lipinski definition) is 10. The third-order valence-corrected chi connectivity index (χ3v) is 21.8. The summed E-state index contributed by atoms with van der Waals surface area (Å²) in [6.45, 7) is 19.6. The number of aromatic nitrogens is 4. The molecule has 7 amide bonds. The Balaban J connectivity index is 0.00000472. The van der Waals surface area contributed by atoms with E-state index in [1.165, 1.54) is 24.1 Å². The summed E-state index contributed by atoms with van der Waals surface area (Å²) in [5.74, 6) is -7.77. The number of nitrogens with two attached hydrogens (primary N) is 7. The van der Waals surface area contributed by atoms with Gasteiger partial charge in [0.2, 0.25) is 46.5 Å². The molecule has 16 atom stereocenters. The SMILES string of the molecule is C/C1=C2N=C(/C=C3N=C(/C(C)=C4\[N-]C(C(CC(N)=O)C4(C)CCC(=O)NCC(C)OP(=O)([O-])OC4C(CO)OC(n5cnc6nc(S(C)=O)nc(N)c65)C4O)C4(C)N=C1C(CCC(N)=O)C4(C)CC(N)=O)C(CCC(N)=O)C\3(C)C)C(CCC(N)=O)C/2(C)CC(N)=O.[C-]#N.[Co+3]. The summed E-state index contributed by atoms with van der Waals surface area (Å²) >= 11 is 0. The maximum Gasteiger partial charge on any atom is 3.00 e. The number of imidazole rings is 1. The van der Waals surface area contributed by atoms with Gasteiger partial charge in [-0.2, -0.15) is 10.7 Å². The van der Waals surface area contributed by atoms with Crippen LogP contribution in [-0.4, -0.2) is 148 Å². The van der Waals surface area contributed by atoms with Crippen LogP contribution in [0.15, 0.2) is 60.8 Å². The number of hydrogen-bond acceptors (Lipinski definition) is 23. The number of phosphoric acid groups is 1. The van der Waals surface area contributed by atoms with Crippen molar-refractivity contribution in [3.05, 3.63) is 52.5 Å². The number of primary amides is 6. The number of nitrogen functional groups attached to an aromatic ring is 1. The van der Waals surface area contributed by atoms with Crippen molar-refractivity contribution in [1.82, 2.24) is 24.8 Å². The summed E-state index contributed by atoms with van der Waals surface area (Å²) in [6, 6.07) is -1.08. The van der Waals surface area contributed by atoms with E-state index in [-0.39, 0.29) is 110 Å². The maximum absolute atomic E-state index is 14.4. The number of aliphatic hydroxyl groups excluding tert-OH is 2. The predicted molar refractivity (Wildman–Crippen MR) is 339 cm³/mol. The number of ether oxygens (including phenoxy) is 1. The minimum atomic E-state index is -5.42. The van der Waals surface area contributed by atoms with E-state index in [1.54, 1.807) is 27.7 Å². The topological polar surface area (TPSA) is 558 Å². The van der Waals surface area contributed by atoms with Gasteiger partial charge >= 0.3 is 16.8 Å². The van der Waals surface area contributed by atoms with Crippen LogP contribution in [0.1, 0.15) is 139 Å². The van der Waals surface area contributed by atoms with Gasteiger partial charge in [-0.15, -0.1) is 0 Å². The third-order valence-electron chi connectivity index (χ3n) is 20.0. The van der Waals surface area contributed by atoms with Crippen LogP contribution in [0.2, 0.25) is 0 Å². The molecule has 0 aliphatic carbocycles. The molecule has 2 aromatic rings. The number of amides is 7. The van der Waals surface area contributed by atoms with Gasteiger partial charge in [0.15, 0.2) is 17.7 Å². The zero-order valence-electron chi connectivity index (χ0n) is 54.6. The van der Waals surface area contributed by atoms with Crippen LogP contribution >= 0.6 is 7.82 Å². The van der Waals surface area contributed by atoms with Gasteiger partial charge in [0, 0.05) is 115 Å². The van der Waals surface area contributed by atoms with Crippen molar-refractivity contribution in [2.75, 3.05) is 25.1 Å². The summed E-state index contributed by atoms with van der Waals surface area (Å²) < 4.78 is 43.4. The molecule has 6 aliphatic heterocycles. The van der Waals surface area contributed by atoms with Crippen LogP contribution in [0.4, 0.5) is 5.82 Å². The van der Waals surface area contributed by atoms with Crippen molar-refractivity contribution in [3.63, 3.8) is 0 Å². The van der Waals surface area contributed by atoms with Gasteiger partial charge in [-0.05, 0) is 81.9 Å². The average Bonchev–Trinajstić information content (AvgIpc) is 1.53. The van der Waals surface area contributed by atoms with E-state index < -0.39 is 161 Å². The fourth-order valence-electron chi connectivity index (χ4n) is 15.1. The van der Waals surface area contributed by atoms with Crippen LogP contribution < -0.4 is 50.3 Å². The molecule has 520 valence electrons. The molecule has 95 heavy (non-hydrogen) atoms. The summed E-state index contributed by atoms with van der Waals surface area (Å²) in [4.78, 5) is 136. The summed E-state index contributed by atoms with van der Waals surface area (Å²) in [5.41, 5.74) is 39.5. The standard InChI is InChI=1S/C59H87N16O15PS.CN.Co/c1-26(89-91(85,86)90-47-34(24-76)88-53(46(47)84)75-25-68-52-45(75)51(66)72-54(73-52)92(10)87)23-67-42(83)17-18-56(6)32(19-39(63)80)50-59(9)58(8,22-41(65)82)31(13-16-38(62)79)44(74-59)28(3)49-57(7,21-40(64)81)29(11-14-36(60)77)33(69-49)20-35-55(4,5)30(12-15-37(61)78)43(70-35)27(2)48(56)71-50;1-2;/h20,25-26,29-32,34,46-47,50,53,76,84H,11-19,21-24H2,1-10H3,(H17,60,61,62,63,64,65,66,67,69,70,71,72,73,74,77,78,79,80,81,82,83,85,86);;/q;-1;+3/p-2. The zero-order chi connectivity index (χ0) is 70.3. The first-order chi connectivity index (χ1) is 43.7. The number of nitrogens with zero attached hydrogens (tertiary/aromatic N) is 9. The van der Waals surface area contributed by atoms with Crippen LogP contribution in [0, 0.1) is 57.2 Å². The number of aliphatic hydroxyl groups is 2. The molecule has 2 fully saturated rings. The number of nitrogens with one attached hydrogen (secondary N) is 1. The van der Waals surface area contributed by atoms with Gasteiger partial charge in [-0.25, -0.2) is 9.97 Å². The Morgan fingerprint density at radius 3 is 2.00 bits per heavy atom. The Kier molecular flexibility index (Phi) is 23.7. The van der Waals surface area contributed by atoms with Crippen LogP contribution in [0.5, 0.6) is 0 Å². The molecule has 0 radical (unpaired) electrons. The third kappa shape index (κ3) is 15.0. The first-order valence-electron chi connectivity index (χ1n) is 30.5. The number of anilines is 1. The molecule has 32 nitrogen and oxygen atoms in total. The van der Waals surface area contributed by atoms with Gasteiger partial charge in [0.1, 0.15) is 30.2 Å². The van der Waals surface area contributed by atoms with E-state index in [4.69, 9.17) is 86.0 Å². The molecule has 0 saturated carbocycles. The quantitative estimate of drug-likeness (QED) is 0.0337. The largest absolute Gasteiger partial charge is 3.00 e. The van der Waals surface area contributed by atoms with Crippen molar-refractivity contribution in [3.8, 4) is 0 Å². The number of rotatable bonds is 27. The van der Waals surface area contributed by atoms with Crippen LogP contribution in [0.25, 0.3) is 16.5 Å². The first-order valence-corrected chi connectivity index (χ1v) is 33.5. The van der Waals surface area contributed by atoms with Crippen molar-refractivity contribution in [1.29, 1.82) is 5.26 Å². The molecule has 2 saturated heterocycles. The Hall–Kier alpha value is -7.19. The second-order valence-electron chi connectivity index (χ2n) is 26.6. The number of carbonyl (C=O) groups is 7. The Morgan fingerprint density at radius 1 is 0.853 bits per heavy atom. The number of allylic oxidation sites excluding steroid dienone is 6. The van der Waals surface area contributed by atoms with E-state index in [0.29, 0.717) is 45.4 Å². The zero-order valence-corrected chi connectivity index (χ0v) is 57.3. The van der Waals surface area contributed by atoms with E-state index >= 15 is 0 Å². The van der Waals surface area contributed by atoms with Crippen molar-refractivity contribution in [2.45, 2.75) is 180 Å². The van der Waals surface area contributed by atoms with Crippen LogP contribution in [-0.2, 0) is 79.5 Å². The fourth-order valence-corrected chi connectivity index (χ4v) is 16.7. The second kappa shape index (κ2) is 29.3. The fraction of sp³-hybridized carbons (Fsp3) is 0.633. The molecular formula is C60H85CoN17O15PS. The Morgan fingerprint density at radius 2 is 1.44 bits per heavy atom. The molecule has 2 aromatic heterocycles. The molecular weight excluding hydrogens is 1320 g/mol. The number of phosphoric ester groups is 1. The minimum Gasteiger partial charge on any atom is -0.756 e. The Labute approximate surface area is 562 Å². The molecule has 8 heterocycles. The molecule has 0 spiro atoms. The summed E-state index contributed by atoms with van der Waals surface area (Å²) in [5, 5.41) is 36.2. The van der Waals surface area contributed by atoms with Gasteiger partial charge in [-0.1, -0.05) is 40.7 Å². The van der Waals surface area contributed by atoms with Gasteiger partial charge in [-0.3, -0.25) is 61.9 Å². The van der Waals surface area contributed by atoms with Crippen molar-refractivity contribution in [2.24, 2.45) is 94.7 Å². The normalized spacial score (nSPS) is 33.0. The van der Waals surface area contributed by atoms with E-state index in [2.05, 4.69) is 20.3 Å². The molecule has 35 heteroatoms. The second-order valence-corrected chi connectivity index (χ2v) is 29.2. The maximum atomic E-state index is 14.4. The van der Waals surface area contributed by atoms with Crippen molar-refractivity contribution >= 4 is 94.1 Å². The molecule has 17 N–H and O–H groups in total. The first kappa shape index (κ1) is 76.8. The monoisotopic (exact) mass is 1410 g/mol. The summed E-state index contributed by atoms with van der Waals surface area (Å²) in [7, 11) is -7.04. The van der Waals surface area contributed by atoms with E-state index in [9.17, 15) is 57.4 Å². The number of fused-ring (bicyclic) bond motifs is 7. The minimum absolute atomic E-state index is 0. The van der Waals surface area contributed by atoms with Crippen molar-refractivity contribution < 1.29 is 88.0 Å². The number of carbonyl (C=O) groups excluding carboxylic acids is 7. The van der Waals surface area contributed by atoms with Gasteiger partial charge in [0.05, 0.1) is 34.7 Å². The average molecular weight is 1410 g/mol. The van der Waals surface area contributed by atoms with Crippen LogP contribution in [0.3, 0.4) is 0 Å². The smallest absolute Gasteiger partial charge is 0.756 e. The molecule has 6 aliphatic rings. The summed E-state index contributed by atoms with van der Waals surface area (Å²) in [6.07, 6.45) is -4.67.